The van der Waals surface area contributed by atoms with Crippen molar-refractivity contribution >= 4 is 17.7 Å². The molecule has 0 aromatic heterocycles. The molecule has 1 aliphatic rings. The molecule has 8 nitrogen and oxygen atoms in total. The molecular weight excluding hydrogens is 380 g/mol. The first-order valence-corrected chi connectivity index (χ1v) is 9.71. The van der Waals surface area contributed by atoms with E-state index in [1.165, 1.54) is 25.1 Å². The van der Waals surface area contributed by atoms with Crippen LogP contribution < -0.4 is 4.74 Å². The highest BCUT2D eigenvalue weighted by atomic mass is 16.5. The first kappa shape index (κ1) is 22.7. The number of carbonyl (C=O) groups is 3. The van der Waals surface area contributed by atoms with E-state index in [1.807, 2.05) is 0 Å². The molecule has 0 unspecified atom stereocenters. The van der Waals surface area contributed by atoms with Crippen LogP contribution in [0.1, 0.15) is 45.6 Å². The number of phenolic OH excluding ortho intramolecular Hbond substituents is 1. The Bertz CT molecular complexity index is 770. The predicted octanol–water partition coefficient (Wildman–Crippen LogP) is 1.96. The van der Waals surface area contributed by atoms with Gasteiger partial charge in [-0.1, -0.05) is 6.07 Å². The number of hydrogen-bond donors (Lipinski definition) is 2. The molecule has 1 saturated carbocycles. The Labute approximate surface area is 169 Å². The first-order valence-electron chi connectivity index (χ1n) is 9.71. The summed E-state index contributed by atoms with van der Waals surface area (Å²) in [7, 11) is 0. The number of aliphatic hydroxyl groups is 1. The number of benzene rings is 1. The minimum atomic E-state index is -1.72. The highest BCUT2D eigenvalue weighted by molar-refractivity contribution is 6.02. The quantitative estimate of drug-likeness (QED) is 0.519. The molecule has 2 rings (SSSR count). The highest BCUT2D eigenvalue weighted by Gasteiger charge is 2.57. The number of rotatable bonds is 7. The van der Waals surface area contributed by atoms with Crippen molar-refractivity contribution in [1.29, 1.82) is 0 Å². The largest absolute Gasteiger partial charge is 0.504 e. The van der Waals surface area contributed by atoms with Crippen LogP contribution in [0, 0.1) is 11.8 Å². The van der Waals surface area contributed by atoms with E-state index in [-0.39, 0.29) is 37.7 Å². The van der Waals surface area contributed by atoms with E-state index in [0.29, 0.717) is 5.56 Å². The van der Waals surface area contributed by atoms with E-state index in [4.69, 9.17) is 14.2 Å². The zero-order valence-corrected chi connectivity index (χ0v) is 17.1. The molecule has 1 aromatic carbocycles. The molecule has 0 bridgehead atoms. The van der Waals surface area contributed by atoms with Gasteiger partial charge in [0.25, 0.3) is 0 Å². The Kier molecular flexibility index (Phi) is 7.24. The summed E-state index contributed by atoms with van der Waals surface area (Å²) in [6.07, 6.45) is -0.382. The topological polar surface area (TPSA) is 119 Å². The lowest BCUT2D eigenvalue weighted by atomic mass is 9.61. The van der Waals surface area contributed by atoms with Gasteiger partial charge in [0.1, 0.15) is 5.92 Å². The third-order valence-electron chi connectivity index (χ3n) is 5.02. The Morgan fingerprint density at radius 1 is 1.10 bits per heavy atom. The molecule has 0 saturated heterocycles. The van der Waals surface area contributed by atoms with Crippen molar-refractivity contribution in [2.45, 2.75) is 45.6 Å². The van der Waals surface area contributed by atoms with Gasteiger partial charge in [-0.2, -0.15) is 0 Å². The van der Waals surface area contributed by atoms with Crippen molar-refractivity contribution in [3.8, 4) is 11.5 Å². The second-order valence-electron chi connectivity index (χ2n) is 7.15. The average Bonchev–Trinajstić information content (AvgIpc) is 2.62. The third-order valence-corrected chi connectivity index (χ3v) is 5.02. The molecule has 0 spiro atoms. The fraction of sp³-hybridized carbons (Fsp3) is 0.571. The molecule has 8 heteroatoms. The van der Waals surface area contributed by atoms with Crippen LogP contribution in [0.5, 0.6) is 11.5 Å². The lowest BCUT2D eigenvalue weighted by Gasteiger charge is -2.43. The number of carbonyl (C=O) groups excluding carboxylic acids is 3. The van der Waals surface area contributed by atoms with Gasteiger partial charge in [-0.25, -0.2) is 0 Å². The number of aromatic hydroxyl groups is 1. The van der Waals surface area contributed by atoms with Gasteiger partial charge in [-0.3, -0.25) is 14.4 Å². The lowest BCUT2D eigenvalue weighted by Crippen LogP contribution is -2.55. The van der Waals surface area contributed by atoms with E-state index in [9.17, 15) is 24.6 Å². The van der Waals surface area contributed by atoms with Crippen LogP contribution in [-0.4, -0.2) is 53.4 Å². The Balaban J connectivity index is 2.66. The van der Waals surface area contributed by atoms with E-state index < -0.39 is 41.1 Å². The summed E-state index contributed by atoms with van der Waals surface area (Å²) in [5.74, 6) is -5.49. The SMILES string of the molecule is CCOC(=O)[C@H]1C(=O)C[C@@](C)(O)[C@H](C(=O)OCC)[C@H]1c1ccc(O)c(OCC)c1. The van der Waals surface area contributed by atoms with Gasteiger partial charge in [0.15, 0.2) is 17.3 Å². The van der Waals surface area contributed by atoms with Crippen LogP contribution >= 0.6 is 0 Å². The standard InChI is InChI=1S/C21H28O8/c1-5-27-15-10-12(8-9-13(15)22)16-17(19(24)28-6-2)14(23)11-21(4,26)18(16)20(25)29-7-3/h8-10,16-18,22,26H,5-7,11H2,1-4H3/t16-,17-,18-,21+/m0/s1. The Morgan fingerprint density at radius 3 is 2.31 bits per heavy atom. The summed E-state index contributed by atoms with van der Waals surface area (Å²) in [6.45, 7) is 6.79. The van der Waals surface area contributed by atoms with Gasteiger partial charge in [-0.05, 0) is 45.4 Å². The second-order valence-corrected chi connectivity index (χ2v) is 7.15. The maximum Gasteiger partial charge on any atom is 0.317 e. The monoisotopic (exact) mass is 408 g/mol. The molecule has 1 aliphatic carbocycles. The normalized spacial score (nSPS) is 26.7. The average molecular weight is 408 g/mol. The van der Waals surface area contributed by atoms with Crippen molar-refractivity contribution in [3.63, 3.8) is 0 Å². The number of esters is 2. The molecule has 0 amide bonds. The minimum Gasteiger partial charge on any atom is -0.504 e. The summed E-state index contributed by atoms with van der Waals surface area (Å²) in [5.41, 5.74) is -1.34. The zero-order valence-electron chi connectivity index (χ0n) is 17.1. The molecule has 4 atom stereocenters. The van der Waals surface area contributed by atoms with Crippen LogP contribution in [0.3, 0.4) is 0 Å². The Hall–Kier alpha value is -2.61. The fourth-order valence-electron chi connectivity index (χ4n) is 3.89. The number of Topliss-reactive ketones (excluding diaryl/α,β-unsaturated/α-hetero) is 1. The molecular formula is C21H28O8. The van der Waals surface area contributed by atoms with Crippen molar-refractivity contribution in [2.75, 3.05) is 19.8 Å². The smallest absolute Gasteiger partial charge is 0.317 e. The molecule has 1 fully saturated rings. The molecule has 0 radical (unpaired) electrons. The van der Waals surface area contributed by atoms with Gasteiger partial charge in [0, 0.05) is 12.3 Å². The second kappa shape index (κ2) is 9.26. The number of phenols is 1. The molecule has 0 heterocycles. The summed E-state index contributed by atoms with van der Waals surface area (Å²) in [5, 5.41) is 20.9. The van der Waals surface area contributed by atoms with Crippen LogP contribution in [0.4, 0.5) is 0 Å². The van der Waals surface area contributed by atoms with E-state index in [0.717, 1.165) is 0 Å². The summed E-state index contributed by atoms with van der Waals surface area (Å²) in [6, 6.07) is 4.32. The van der Waals surface area contributed by atoms with Gasteiger partial charge >= 0.3 is 11.9 Å². The third kappa shape index (κ3) is 4.70. The van der Waals surface area contributed by atoms with E-state index in [2.05, 4.69) is 0 Å². The molecule has 2 N–H and O–H groups in total. The van der Waals surface area contributed by atoms with Gasteiger partial charge < -0.3 is 24.4 Å². The number of hydrogen-bond acceptors (Lipinski definition) is 8. The maximum atomic E-state index is 12.8. The summed E-state index contributed by atoms with van der Waals surface area (Å²) >= 11 is 0. The zero-order chi connectivity index (χ0) is 21.8. The predicted molar refractivity (Wildman–Crippen MR) is 103 cm³/mol. The molecule has 1 aromatic rings. The van der Waals surface area contributed by atoms with Gasteiger partial charge in [-0.15, -0.1) is 0 Å². The number of ether oxygens (including phenoxy) is 3. The lowest BCUT2D eigenvalue weighted by molar-refractivity contribution is -0.172. The van der Waals surface area contributed by atoms with E-state index >= 15 is 0 Å². The van der Waals surface area contributed by atoms with Crippen molar-refractivity contribution in [2.24, 2.45) is 11.8 Å². The van der Waals surface area contributed by atoms with Gasteiger partial charge in [0.2, 0.25) is 0 Å². The number of ketones is 1. The fourth-order valence-corrected chi connectivity index (χ4v) is 3.89. The summed E-state index contributed by atoms with van der Waals surface area (Å²) in [4.78, 5) is 38.3. The van der Waals surface area contributed by atoms with Crippen LogP contribution in [-0.2, 0) is 23.9 Å². The van der Waals surface area contributed by atoms with E-state index in [1.54, 1.807) is 20.8 Å². The Morgan fingerprint density at radius 2 is 1.72 bits per heavy atom. The maximum absolute atomic E-state index is 12.8. The minimum absolute atomic E-state index is 0.0651. The highest BCUT2D eigenvalue weighted by Crippen LogP contribution is 2.48. The van der Waals surface area contributed by atoms with Crippen molar-refractivity contribution < 1.29 is 38.8 Å². The van der Waals surface area contributed by atoms with Gasteiger partial charge in [0.05, 0.1) is 31.3 Å². The molecule has 29 heavy (non-hydrogen) atoms. The van der Waals surface area contributed by atoms with Crippen LogP contribution in [0.2, 0.25) is 0 Å². The molecule has 160 valence electrons. The van der Waals surface area contributed by atoms with Crippen LogP contribution in [0.15, 0.2) is 18.2 Å². The molecule has 0 aliphatic heterocycles. The van der Waals surface area contributed by atoms with Crippen molar-refractivity contribution in [1.82, 2.24) is 0 Å². The van der Waals surface area contributed by atoms with Crippen molar-refractivity contribution in [3.05, 3.63) is 23.8 Å². The first-order chi connectivity index (χ1) is 13.7. The summed E-state index contributed by atoms with van der Waals surface area (Å²) < 4.78 is 15.6. The van der Waals surface area contributed by atoms with Crippen LogP contribution in [0.25, 0.3) is 0 Å².